The van der Waals surface area contributed by atoms with Crippen molar-refractivity contribution in [2.75, 3.05) is 29.4 Å². The molecule has 1 heterocycles. The number of thioether (sulfide) groups is 1. The van der Waals surface area contributed by atoms with Crippen molar-refractivity contribution in [2.24, 2.45) is 5.84 Å². The molecule has 0 saturated heterocycles. The Labute approximate surface area is 101 Å². The van der Waals surface area contributed by atoms with Gasteiger partial charge in [0.15, 0.2) is 0 Å². The molecular weight excluding hydrogens is 222 g/mol. The van der Waals surface area contributed by atoms with Crippen molar-refractivity contribution < 1.29 is 0 Å². The van der Waals surface area contributed by atoms with Gasteiger partial charge in [-0.3, -0.25) is 5.43 Å². The lowest BCUT2D eigenvalue weighted by atomic mass is 10.2. The molecule has 1 unspecified atom stereocenters. The molecule has 1 aromatic heterocycles. The van der Waals surface area contributed by atoms with Crippen molar-refractivity contribution in [1.29, 1.82) is 0 Å². The Kier molecular flexibility index (Phi) is 5.34. The molecular formula is C10H19N5S. The Balaban J connectivity index is 2.67. The molecule has 3 N–H and O–H groups in total. The van der Waals surface area contributed by atoms with E-state index in [2.05, 4.69) is 33.5 Å². The van der Waals surface area contributed by atoms with E-state index in [1.807, 2.05) is 24.9 Å². The fourth-order valence-corrected chi connectivity index (χ4v) is 1.90. The number of nitrogen functional groups attached to an aromatic ring is 1. The molecule has 0 saturated carbocycles. The molecule has 6 heteroatoms. The third-order valence-corrected chi connectivity index (χ3v) is 3.18. The lowest BCUT2D eigenvalue weighted by molar-refractivity contribution is 0.661. The first-order chi connectivity index (χ1) is 7.69. The van der Waals surface area contributed by atoms with Gasteiger partial charge in [-0.1, -0.05) is 0 Å². The standard InChI is InChI=1S/C10H19N5S/c1-8(5-7-16-3)15(2)9-4-6-12-10(13-9)14-11/h4,6,8H,5,7,11H2,1-3H3,(H,12,13,14). The van der Waals surface area contributed by atoms with Crippen molar-refractivity contribution >= 4 is 23.5 Å². The highest BCUT2D eigenvalue weighted by molar-refractivity contribution is 7.98. The third kappa shape index (κ3) is 3.53. The number of nitrogens with one attached hydrogen (secondary N) is 1. The van der Waals surface area contributed by atoms with Crippen LogP contribution in [0.1, 0.15) is 13.3 Å². The molecule has 1 aromatic rings. The molecule has 16 heavy (non-hydrogen) atoms. The third-order valence-electron chi connectivity index (χ3n) is 2.53. The van der Waals surface area contributed by atoms with Gasteiger partial charge in [-0.15, -0.1) is 0 Å². The maximum Gasteiger partial charge on any atom is 0.239 e. The summed E-state index contributed by atoms with van der Waals surface area (Å²) in [6.07, 6.45) is 4.95. The van der Waals surface area contributed by atoms with Crippen LogP contribution >= 0.6 is 11.8 Å². The number of anilines is 2. The Morgan fingerprint density at radius 2 is 2.38 bits per heavy atom. The van der Waals surface area contributed by atoms with Crippen LogP contribution < -0.4 is 16.2 Å². The number of hydrogen-bond donors (Lipinski definition) is 2. The van der Waals surface area contributed by atoms with Crippen LogP contribution in [0.25, 0.3) is 0 Å². The summed E-state index contributed by atoms with van der Waals surface area (Å²) in [5.41, 5.74) is 2.45. The summed E-state index contributed by atoms with van der Waals surface area (Å²) >= 11 is 1.86. The van der Waals surface area contributed by atoms with E-state index in [1.54, 1.807) is 6.20 Å². The van der Waals surface area contributed by atoms with E-state index in [9.17, 15) is 0 Å². The fraction of sp³-hybridized carbons (Fsp3) is 0.600. The van der Waals surface area contributed by atoms with Gasteiger partial charge in [-0.2, -0.15) is 16.7 Å². The summed E-state index contributed by atoms with van der Waals surface area (Å²) in [7, 11) is 2.04. The molecule has 0 radical (unpaired) electrons. The largest absolute Gasteiger partial charge is 0.357 e. The molecule has 0 aliphatic carbocycles. The van der Waals surface area contributed by atoms with Gasteiger partial charge in [0.25, 0.3) is 0 Å². The summed E-state index contributed by atoms with van der Waals surface area (Å²) < 4.78 is 0. The van der Waals surface area contributed by atoms with Crippen LogP contribution in [-0.4, -0.2) is 35.1 Å². The molecule has 1 rings (SSSR count). The van der Waals surface area contributed by atoms with Gasteiger partial charge in [0.2, 0.25) is 5.95 Å². The molecule has 0 spiro atoms. The zero-order valence-electron chi connectivity index (χ0n) is 9.97. The number of rotatable bonds is 6. The quantitative estimate of drug-likeness (QED) is 0.579. The van der Waals surface area contributed by atoms with Gasteiger partial charge in [-0.05, 0) is 31.4 Å². The highest BCUT2D eigenvalue weighted by Gasteiger charge is 2.11. The highest BCUT2D eigenvalue weighted by atomic mass is 32.2. The van der Waals surface area contributed by atoms with Gasteiger partial charge < -0.3 is 4.90 Å². The first kappa shape index (κ1) is 13.1. The van der Waals surface area contributed by atoms with Gasteiger partial charge in [0, 0.05) is 19.3 Å². The molecule has 0 amide bonds. The lowest BCUT2D eigenvalue weighted by Crippen LogP contribution is -2.30. The first-order valence-corrected chi connectivity index (χ1v) is 6.60. The molecule has 90 valence electrons. The molecule has 0 aliphatic heterocycles. The van der Waals surface area contributed by atoms with Crippen LogP contribution in [-0.2, 0) is 0 Å². The fourth-order valence-electron chi connectivity index (χ4n) is 1.32. The normalized spacial score (nSPS) is 12.2. The van der Waals surface area contributed by atoms with Crippen LogP contribution in [0.4, 0.5) is 11.8 Å². The van der Waals surface area contributed by atoms with E-state index in [0.29, 0.717) is 12.0 Å². The highest BCUT2D eigenvalue weighted by Crippen LogP contribution is 2.15. The Hall–Kier alpha value is -1.01. The van der Waals surface area contributed by atoms with E-state index in [0.717, 1.165) is 18.0 Å². The maximum absolute atomic E-state index is 5.28. The predicted octanol–water partition coefficient (Wildman–Crippen LogP) is 1.34. The molecule has 0 aliphatic rings. The summed E-state index contributed by atoms with van der Waals surface area (Å²) in [4.78, 5) is 10.4. The minimum atomic E-state index is 0.446. The molecule has 0 fully saturated rings. The van der Waals surface area contributed by atoms with Crippen LogP contribution in [0.3, 0.4) is 0 Å². The second kappa shape index (κ2) is 6.55. The van der Waals surface area contributed by atoms with Crippen LogP contribution in [0.15, 0.2) is 12.3 Å². The minimum absolute atomic E-state index is 0.446. The van der Waals surface area contributed by atoms with Crippen molar-refractivity contribution in [3.63, 3.8) is 0 Å². The SMILES string of the molecule is CSCCC(C)N(C)c1ccnc(NN)n1. The zero-order chi connectivity index (χ0) is 12.0. The Morgan fingerprint density at radius 3 is 3.00 bits per heavy atom. The number of hydrazine groups is 1. The van der Waals surface area contributed by atoms with E-state index >= 15 is 0 Å². The number of nitrogens with zero attached hydrogens (tertiary/aromatic N) is 3. The summed E-state index contributed by atoms with van der Waals surface area (Å²) in [6, 6.07) is 2.34. The maximum atomic E-state index is 5.28. The van der Waals surface area contributed by atoms with Crippen molar-refractivity contribution in [1.82, 2.24) is 9.97 Å². The summed E-state index contributed by atoms with van der Waals surface area (Å²) in [5, 5.41) is 0. The first-order valence-electron chi connectivity index (χ1n) is 5.20. The molecule has 5 nitrogen and oxygen atoms in total. The smallest absolute Gasteiger partial charge is 0.239 e. The van der Waals surface area contributed by atoms with Crippen LogP contribution in [0.2, 0.25) is 0 Å². The van der Waals surface area contributed by atoms with E-state index in [4.69, 9.17) is 5.84 Å². The van der Waals surface area contributed by atoms with Gasteiger partial charge in [0.05, 0.1) is 0 Å². The molecule has 1 atom stereocenters. The van der Waals surface area contributed by atoms with Gasteiger partial charge >= 0.3 is 0 Å². The molecule has 0 aromatic carbocycles. The second-order valence-electron chi connectivity index (χ2n) is 3.62. The van der Waals surface area contributed by atoms with E-state index in [-0.39, 0.29) is 0 Å². The van der Waals surface area contributed by atoms with E-state index < -0.39 is 0 Å². The summed E-state index contributed by atoms with van der Waals surface area (Å²) in [5.74, 6) is 7.76. The van der Waals surface area contributed by atoms with Crippen LogP contribution in [0, 0.1) is 0 Å². The summed E-state index contributed by atoms with van der Waals surface area (Å²) in [6.45, 7) is 2.19. The predicted molar refractivity (Wildman–Crippen MR) is 70.7 cm³/mol. The topological polar surface area (TPSA) is 67.1 Å². The monoisotopic (exact) mass is 241 g/mol. The number of nitrogens with two attached hydrogens (primary N) is 1. The number of hydrogen-bond acceptors (Lipinski definition) is 6. The van der Waals surface area contributed by atoms with Gasteiger partial charge in [-0.25, -0.2) is 10.8 Å². The second-order valence-corrected chi connectivity index (χ2v) is 4.61. The zero-order valence-corrected chi connectivity index (χ0v) is 10.8. The minimum Gasteiger partial charge on any atom is -0.357 e. The van der Waals surface area contributed by atoms with Crippen molar-refractivity contribution in [3.8, 4) is 0 Å². The van der Waals surface area contributed by atoms with Crippen molar-refractivity contribution in [2.45, 2.75) is 19.4 Å². The van der Waals surface area contributed by atoms with E-state index in [1.165, 1.54) is 0 Å². The average Bonchev–Trinajstić information content (AvgIpc) is 2.35. The van der Waals surface area contributed by atoms with Gasteiger partial charge in [0.1, 0.15) is 5.82 Å². The van der Waals surface area contributed by atoms with Crippen LogP contribution in [0.5, 0.6) is 0 Å². The Morgan fingerprint density at radius 1 is 1.62 bits per heavy atom. The Bertz CT molecular complexity index is 320. The molecule has 0 bridgehead atoms. The average molecular weight is 241 g/mol. The number of aromatic nitrogens is 2. The lowest BCUT2D eigenvalue weighted by Gasteiger charge is -2.25. The van der Waals surface area contributed by atoms with Crippen molar-refractivity contribution in [3.05, 3.63) is 12.3 Å².